The Hall–Kier alpha value is -1.35. The minimum absolute atomic E-state index is 0. The van der Waals surface area contributed by atoms with Crippen LogP contribution in [0.3, 0.4) is 0 Å². The van der Waals surface area contributed by atoms with Gasteiger partial charge in [0.2, 0.25) is 5.88 Å². The first-order chi connectivity index (χ1) is 10.8. The molecule has 0 aliphatic heterocycles. The highest BCUT2D eigenvalue weighted by Crippen LogP contribution is 2.09. The summed E-state index contributed by atoms with van der Waals surface area (Å²) in [4.78, 5) is 8.51. The lowest BCUT2D eigenvalue weighted by molar-refractivity contribution is 0.143. The lowest BCUT2D eigenvalue weighted by Crippen LogP contribution is -2.42. The van der Waals surface area contributed by atoms with E-state index in [9.17, 15) is 0 Å². The van der Waals surface area contributed by atoms with Crippen LogP contribution in [0.4, 0.5) is 0 Å². The second kappa shape index (κ2) is 11.2. The van der Waals surface area contributed by atoms with E-state index >= 15 is 0 Å². The van der Waals surface area contributed by atoms with Crippen molar-refractivity contribution >= 4 is 29.9 Å². The first kappa shape index (κ1) is 19.7. The van der Waals surface area contributed by atoms with Crippen molar-refractivity contribution in [3.63, 3.8) is 0 Å². The topological polar surface area (TPSA) is 67.8 Å². The van der Waals surface area contributed by atoms with Crippen molar-refractivity contribution in [3.8, 4) is 5.88 Å². The smallest absolute Gasteiger partial charge is 0.213 e. The third-order valence-corrected chi connectivity index (χ3v) is 3.37. The number of nitrogens with one attached hydrogen (secondary N) is 2. The summed E-state index contributed by atoms with van der Waals surface area (Å²) in [5.74, 6) is 1.43. The summed E-state index contributed by atoms with van der Waals surface area (Å²) in [5.41, 5.74) is 1.08. The predicted octanol–water partition coefficient (Wildman–Crippen LogP) is 2.11. The van der Waals surface area contributed by atoms with Gasteiger partial charge >= 0.3 is 0 Å². The summed E-state index contributed by atoms with van der Waals surface area (Å²) in [7, 11) is 3.43. The molecule has 0 fully saturated rings. The maximum atomic E-state index is 5.44. The Morgan fingerprint density at radius 1 is 1.30 bits per heavy atom. The van der Waals surface area contributed by atoms with Crippen LogP contribution in [0.5, 0.6) is 5.88 Å². The Balaban J connectivity index is 0.00000264. The molecule has 23 heavy (non-hydrogen) atoms. The van der Waals surface area contributed by atoms with E-state index in [1.54, 1.807) is 20.4 Å². The molecule has 1 heterocycles. The van der Waals surface area contributed by atoms with Gasteiger partial charge in [0.15, 0.2) is 5.96 Å². The maximum Gasteiger partial charge on any atom is 0.213 e. The number of ether oxygens (including phenoxy) is 2. The van der Waals surface area contributed by atoms with Gasteiger partial charge < -0.3 is 20.1 Å². The number of nitrogens with zero attached hydrogens (tertiary/aromatic N) is 2. The van der Waals surface area contributed by atoms with Gasteiger partial charge in [0.25, 0.3) is 0 Å². The van der Waals surface area contributed by atoms with Crippen LogP contribution in [0, 0.1) is 0 Å². The zero-order valence-electron chi connectivity index (χ0n) is 13.6. The zero-order chi connectivity index (χ0) is 15.6. The van der Waals surface area contributed by atoms with Crippen molar-refractivity contribution in [2.24, 2.45) is 4.99 Å². The van der Waals surface area contributed by atoms with E-state index in [4.69, 9.17) is 9.47 Å². The molecule has 0 bridgehead atoms. The largest absolute Gasteiger partial charge is 0.475 e. The summed E-state index contributed by atoms with van der Waals surface area (Å²) in [5, 5.41) is 6.69. The van der Waals surface area contributed by atoms with Crippen LogP contribution < -0.4 is 15.4 Å². The fraction of sp³-hybridized carbons (Fsp3) is 0.500. The van der Waals surface area contributed by atoms with Gasteiger partial charge in [-0.3, -0.25) is 4.99 Å². The van der Waals surface area contributed by atoms with E-state index < -0.39 is 0 Å². The minimum atomic E-state index is 0. The van der Waals surface area contributed by atoms with Crippen molar-refractivity contribution in [1.29, 1.82) is 0 Å². The normalized spacial score (nSPS) is 14.4. The Bertz CT molecular complexity index is 497. The summed E-state index contributed by atoms with van der Waals surface area (Å²) >= 11 is 0. The first-order valence-electron chi connectivity index (χ1n) is 7.50. The number of guanidine groups is 1. The number of halogens is 1. The lowest BCUT2D eigenvalue weighted by atomic mass is 10.2. The number of aliphatic imine (C=N–C) groups is 1. The van der Waals surface area contributed by atoms with Crippen LogP contribution in [0.2, 0.25) is 0 Å². The Morgan fingerprint density at radius 2 is 2.09 bits per heavy atom. The van der Waals surface area contributed by atoms with Crippen molar-refractivity contribution in [1.82, 2.24) is 15.6 Å². The molecule has 0 amide bonds. The molecule has 0 saturated carbocycles. The number of pyridine rings is 1. The van der Waals surface area contributed by atoms with Gasteiger partial charge in [0.05, 0.1) is 6.61 Å². The van der Waals surface area contributed by atoms with Gasteiger partial charge in [0.1, 0.15) is 6.61 Å². The maximum absolute atomic E-state index is 5.44. The molecular formula is C16H25IN4O2. The highest BCUT2D eigenvalue weighted by Gasteiger charge is 2.11. The SMILES string of the molecule is CN=C(NCc1ccc(OCCOC)nc1)NC1CC=CC1.I. The number of methoxy groups -OCH3 is 1. The van der Waals surface area contributed by atoms with Gasteiger partial charge in [-0.25, -0.2) is 4.98 Å². The van der Waals surface area contributed by atoms with Gasteiger partial charge in [0, 0.05) is 39.0 Å². The third-order valence-electron chi connectivity index (χ3n) is 3.37. The summed E-state index contributed by atoms with van der Waals surface area (Å²) in [6.45, 7) is 1.74. The predicted molar refractivity (Wildman–Crippen MR) is 103 cm³/mol. The minimum Gasteiger partial charge on any atom is -0.475 e. The van der Waals surface area contributed by atoms with Crippen LogP contribution in [0.25, 0.3) is 0 Å². The van der Waals surface area contributed by atoms with Crippen LogP contribution in [-0.4, -0.2) is 44.4 Å². The third kappa shape index (κ3) is 7.17. The summed E-state index contributed by atoms with van der Waals surface area (Å²) in [6.07, 6.45) is 8.29. The highest BCUT2D eigenvalue weighted by molar-refractivity contribution is 14.0. The van der Waals surface area contributed by atoms with Crippen LogP contribution in [0.15, 0.2) is 35.5 Å². The molecule has 1 aliphatic carbocycles. The molecule has 0 unspecified atom stereocenters. The van der Waals surface area contributed by atoms with E-state index in [2.05, 4.69) is 32.8 Å². The number of hydrogen-bond acceptors (Lipinski definition) is 4. The number of rotatable bonds is 7. The van der Waals surface area contributed by atoms with Gasteiger partial charge in [-0.05, 0) is 18.4 Å². The van der Waals surface area contributed by atoms with Crippen molar-refractivity contribution < 1.29 is 9.47 Å². The van der Waals surface area contributed by atoms with Crippen LogP contribution in [-0.2, 0) is 11.3 Å². The molecule has 1 aromatic rings. The molecule has 1 aliphatic rings. The van der Waals surface area contributed by atoms with Crippen LogP contribution in [0.1, 0.15) is 18.4 Å². The molecule has 0 saturated heterocycles. The number of hydrogen-bond donors (Lipinski definition) is 2. The molecule has 2 rings (SSSR count). The Morgan fingerprint density at radius 3 is 2.70 bits per heavy atom. The summed E-state index contributed by atoms with van der Waals surface area (Å²) in [6, 6.07) is 4.30. The Kier molecular flexibility index (Phi) is 9.61. The molecule has 0 spiro atoms. The van der Waals surface area contributed by atoms with Gasteiger partial charge in [-0.2, -0.15) is 0 Å². The molecule has 0 radical (unpaired) electrons. The van der Waals surface area contributed by atoms with Crippen molar-refractivity contribution in [3.05, 3.63) is 36.0 Å². The van der Waals surface area contributed by atoms with E-state index in [0.29, 0.717) is 31.7 Å². The fourth-order valence-corrected chi connectivity index (χ4v) is 2.14. The van der Waals surface area contributed by atoms with E-state index in [-0.39, 0.29) is 24.0 Å². The monoisotopic (exact) mass is 432 g/mol. The van der Waals surface area contributed by atoms with Gasteiger partial charge in [-0.15, -0.1) is 24.0 Å². The quantitative estimate of drug-likeness (QED) is 0.227. The second-order valence-corrected chi connectivity index (χ2v) is 5.06. The van der Waals surface area contributed by atoms with Gasteiger partial charge in [-0.1, -0.05) is 18.2 Å². The molecule has 0 atom stereocenters. The highest BCUT2D eigenvalue weighted by atomic mass is 127. The molecule has 7 heteroatoms. The fourth-order valence-electron chi connectivity index (χ4n) is 2.14. The standard InChI is InChI=1S/C16H24N4O2.HI/c1-17-16(20-14-5-3-4-6-14)19-12-13-7-8-15(18-11-13)22-10-9-21-2;/h3-4,7-8,11,14H,5-6,9-10,12H2,1-2H3,(H2,17,19,20);1H. The van der Waals surface area contributed by atoms with E-state index in [1.807, 2.05) is 12.1 Å². The second-order valence-electron chi connectivity index (χ2n) is 5.06. The lowest BCUT2D eigenvalue weighted by Gasteiger charge is -2.16. The average Bonchev–Trinajstić information content (AvgIpc) is 3.06. The van der Waals surface area contributed by atoms with Crippen LogP contribution >= 0.6 is 24.0 Å². The summed E-state index contributed by atoms with van der Waals surface area (Å²) < 4.78 is 10.4. The molecule has 1 aromatic heterocycles. The van der Waals surface area contributed by atoms with Crippen molar-refractivity contribution in [2.75, 3.05) is 27.4 Å². The van der Waals surface area contributed by atoms with E-state index in [0.717, 1.165) is 24.4 Å². The molecule has 2 N–H and O–H groups in total. The molecular weight excluding hydrogens is 407 g/mol. The van der Waals surface area contributed by atoms with E-state index in [1.165, 1.54) is 0 Å². The Labute approximate surface area is 154 Å². The molecule has 0 aromatic carbocycles. The first-order valence-corrected chi connectivity index (χ1v) is 7.50. The van der Waals surface area contributed by atoms with Crippen molar-refractivity contribution in [2.45, 2.75) is 25.4 Å². The average molecular weight is 432 g/mol. The molecule has 128 valence electrons. The molecule has 6 nitrogen and oxygen atoms in total. The zero-order valence-corrected chi connectivity index (χ0v) is 15.9. The number of aromatic nitrogens is 1.